The first kappa shape index (κ1) is 23.3. The molecule has 0 aromatic carbocycles. The molecule has 4 aliphatic rings. The van der Waals surface area contributed by atoms with Crippen molar-refractivity contribution in [1.29, 1.82) is 0 Å². The Morgan fingerprint density at radius 1 is 1.25 bits per heavy atom. The molecule has 5 atom stereocenters. The first-order valence-corrected chi connectivity index (χ1v) is 15.6. The Bertz CT molecular complexity index is 963. The van der Waals surface area contributed by atoms with Gasteiger partial charge < -0.3 is 9.16 Å². The van der Waals surface area contributed by atoms with Crippen molar-refractivity contribution in [3.05, 3.63) is 46.8 Å². The van der Waals surface area contributed by atoms with Gasteiger partial charge in [-0.05, 0) is 100 Å². The number of allylic oxidation sites excluding steroid dienone is 7. The molecule has 0 amide bonds. The van der Waals surface area contributed by atoms with Crippen LogP contribution in [0.15, 0.2) is 46.8 Å². The van der Waals surface area contributed by atoms with Crippen molar-refractivity contribution in [2.24, 2.45) is 28.6 Å². The van der Waals surface area contributed by atoms with Crippen molar-refractivity contribution < 1.29 is 18.8 Å². The van der Waals surface area contributed by atoms with Gasteiger partial charge in [0, 0.05) is 5.41 Å². The summed E-state index contributed by atoms with van der Waals surface area (Å²) < 4.78 is 11.9. The van der Waals surface area contributed by atoms with Crippen molar-refractivity contribution in [2.75, 3.05) is 6.61 Å². The van der Waals surface area contributed by atoms with E-state index in [1.165, 1.54) is 16.7 Å². The number of hydrogen-bond donors (Lipinski definition) is 0. The zero-order valence-electron chi connectivity index (χ0n) is 20.7. The zero-order chi connectivity index (χ0) is 23.5. The molecule has 0 N–H and O–H groups in total. The van der Waals surface area contributed by atoms with Gasteiger partial charge in [0.05, 0.1) is 6.61 Å². The Kier molecular flexibility index (Phi) is 5.72. The smallest absolute Gasteiger partial charge is 0.372 e. The number of hydrogen-bond acceptors (Lipinski definition) is 4. The quantitative estimate of drug-likeness (QED) is 0.169. The Morgan fingerprint density at radius 2 is 1.97 bits per heavy atom. The van der Waals surface area contributed by atoms with Gasteiger partial charge in [-0.25, -0.2) is 4.79 Å². The van der Waals surface area contributed by atoms with Crippen LogP contribution in [0.3, 0.4) is 0 Å². The summed E-state index contributed by atoms with van der Waals surface area (Å²) in [4.78, 5) is 25.1. The van der Waals surface area contributed by atoms with Crippen molar-refractivity contribution in [3.63, 3.8) is 0 Å². The third-order valence-corrected chi connectivity index (χ3v) is 8.98. The summed E-state index contributed by atoms with van der Waals surface area (Å²) in [6.07, 6.45) is 12.1. The van der Waals surface area contributed by atoms with E-state index >= 15 is 0 Å². The highest BCUT2D eigenvalue weighted by atomic mass is 28.4. The van der Waals surface area contributed by atoms with Gasteiger partial charge in [-0.1, -0.05) is 37.1 Å². The van der Waals surface area contributed by atoms with Gasteiger partial charge in [0.2, 0.25) is 8.32 Å². The lowest BCUT2D eigenvalue weighted by atomic mass is 9.53. The molecule has 0 saturated heterocycles. The minimum atomic E-state index is -2.00. The second-order valence-corrected chi connectivity index (χ2v) is 15.9. The van der Waals surface area contributed by atoms with E-state index in [9.17, 15) is 9.59 Å². The second-order valence-electron chi connectivity index (χ2n) is 11.5. The molecule has 0 aromatic heterocycles. The highest BCUT2D eigenvalue weighted by Gasteiger charge is 2.57. The van der Waals surface area contributed by atoms with E-state index in [0.29, 0.717) is 24.2 Å². The van der Waals surface area contributed by atoms with Crippen LogP contribution in [0.1, 0.15) is 53.4 Å². The predicted molar refractivity (Wildman–Crippen MR) is 129 cm³/mol. The summed E-state index contributed by atoms with van der Waals surface area (Å²) in [5, 5.41) is 0. The number of ether oxygens (including phenoxy) is 1. The van der Waals surface area contributed by atoms with Crippen molar-refractivity contribution in [3.8, 4) is 0 Å². The van der Waals surface area contributed by atoms with E-state index < -0.39 is 8.32 Å². The van der Waals surface area contributed by atoms with E-state index in [2.05, 4.69) is 52.6 Å². The maximum atomic E-state index is 13.1. The molecule has 174 valence electrons. The molecule has 32 heavy (non-hydrogen) atoms. The molecule has 2 unspecified atom stereocenters. The van der Waals surface area contributed by atoms with Crippen LogP contribution in [-0.4, -0.2) is 26.7 Å². The van der Waals surface area contributed by atoms with Crippen LogP contribution < -0.4 is 0 Å². The molecule has 0 aromatic rings. The average Bonchev–Trinajstić information content (AvgIpc) is 2.96. The second kappa shape index (κ2) is 7.86. The largest absolute Gasteiger partial charge is 0.539 e. The number of ketones is 1. The normalized spacial score (nSPS) is 37.6. The highest BCUT2D eigenvalue weighted by molar-refractivity contribution is 6.70. The first-order valence-electron chi connectivity index (χ1n) is 12.2. The van der Waals surface area contributed by atoms with E-state index in [-0.39, 0.29) is 28.5 Å². The van der Waals surface area contributed by atoms with Crippen LogP contribution in [0.25, 0.3) is 0 Å². The molecule has 0 spiro atoms. The Morgan fingerprint density at radius 3 is 2.62 bits per heavy atom. The Hall–Kier alpha value is -1.88. The molecular weight excluding hydrogens is 416 g/mol. The van der Waals surface area contributed by atoms with Crippen molar-refractivity contribution >= 4 is 20.1 Å². The SMILES string of the molecule is CCOC(=O)C(O[Si](C)(C)C)=C1[C@H](C)CC2C3CCC4=CC(=O)C=C[C@]4(C)C3=CC[C@]12C. The first-order chi connectivity index (χ1) is 14.9. The summed E-state index contributed by atoms with van der Waals surface area (Å²) >= 11 is 0. The molecule has 5 heteroatoms. The monoisotopic (exact) mass is 454 g/mol. The summed E-state index contributed by atoms with van der Waals surface area (Å²) in [7, 11) is -2.00. The molecule has 4 aliphatic carbocycles. The molecule has 2 fully saturated rings. The third-order valence-electron chi connectivity index (χ3n) is 8.17. The fourth-order valence-corrected chi connectivity index (χ4v) is 7.68. The summed E-state index contributed by atoms with van der Waals surface area (Å²) in [5.74, 6) is 1.51. The van der Waals surface area contributed by atoms with Gasteiger partial charge in [0.1, 0.15) is 0 Å². The number of esters is 1. The fraction of sp³-hybridized carbons (Fsp3) is 0.630. The molecule has 2 saturated carbocycles. The van der Waals surface area contributed by atoms with Crippen LogP contribution in [0.2, 0.25) is 19.6 Å². The van der Waals surface area contributed by atoms with E-state index in [4.69, 9.17) is 9.16 Å². The van der Waals surface area contributed by atoms with E-state index in [0.717, 1.165) is 25.7 Å². The van der Waals surface area contributed by atoms with E-state index in [1.54, 1.807) is 6.08 Å². The lowest BCUT2D eigenvalue weighted by molar-refractivity contribution is -0.141. The summed E-state index contributed by atoms with van der Waals surface area (Å²) in [6.45, 7) is 15.4. The van der Waals surface area contributed by atoms with Crippen LogP contribution in [0.5, 0.6) is 0 Å². The van der Waals surface area contributed by atoms with Crippen molar-refractivity contribution in [2.45, 2.75) is 73.0 Å². The standard InChI is InChI=1S/C27H38O4Si/c1-8-30-25(29)24(31-32(5,6)7)23-17(2)15-22-20-10-9-18-16-19(28)11-13-26(18,3)21(20)12-14-27(22,23)4/h11-13,16-17,20,22H,8-10,14-15H2,1-7H3/t17-,20?,22?,26+,27+/m1/s1. The third kappa shape index (κ3) is 3.66. The molecule has 0 bridgehead atoms. The number of carbonyl (C=O) groups excluding carboxylic acids is 2. The minimum absolute atomic E-state index is 0.110. The van der Waals surface area contributed by atoms with Crippen molar-refractivity contribution in [1.82, 2.24) is 0 Å². The molecule has 4 rings (SSSR count). The minimum Gasteiger partial charge on any atom is -0.539 e. The van der Waals surface area contributed by atoms with E-state index in [1.807, 2.05) is 13.0 Å². The lowest BCUT2D eigenvalue weighted by Crippen LogP contribution is -2.42. The summed E-state index contributed by atoms with van der Waals surface area (Å²) in [6, 6.07) is 0. The number of rotatable bonds is 4. The molecule has 0 aliphatic heterocycles. The maximum absolute atomic E-state index is 13.1. The predicted octanol–water partition coefficient (Wildman–Crippen LogP) is 6.13. The van der Waals surface area contributed by atoms with Gasteiger partial charge >= 0.3 is 5.97 Å². The maximum Gasteiger partial charge on any atom is 0.372 e. The Labute approximate surface area is 194 Å². The molecular formula is C27H38O4Si. The fourth-order valence-electron chi connectivity index (χ4n) is 6.88. The molecule has 0 radical (unpaired) electrons. The average molecular weight is 455 g/mol. The molecule has 0 heterocycles. The van der Waals surface area contributed by atoms with Gasteiger partial charge in [-0.2, -0.15) is 0 Å². The highest BCUT2D eigenvalue weighted by Crippen LogP contribution is 2.65. The van der Waals surface area contributed by atoms with Gasteiger partial charge in [0.15, 0.2) is 11.5 Å². The van der Waals surface area contributed by atoms with Crippen LogP contribution in [-0.2, 0) is 18.8 Å². The van der Waals surface area contributed by atoms with Gasteiger partial charge in [-0.3, -0.25) is 4.79 Å². The van der Waals surface area contributed by atoms with Crippen LogP contribution >= 0.6 is 0 Å². The zero-order valence-corrected chi connectivity index (χ0v) is 21.7. The lowest BCUT2D eigenvalue weighted by Gasteiger charge is -2.51. The number of carbonyl (C=O) groups is 2. The van der Waals surface area contributed by atoms with Gasteiger partial charge in [-0.15, -0.1) is 0 Å². The summed E-state index contributed by atoms with van der Waals surface area (Å²) in [5.41, 5.74) is 3.64. The topological polar surface area (TPSA) is 52.6 Å². The van der Waals surface area contributed by atoms with Crippen LogP contribution in [0, 0.1) is 28.6 Å². The molecule has 4 nitrogen and oxygen atoms in total. The van der Waals surface area contributed by atoms with Gasteiger partial charge in [0.25, 0.3) is 0 Å². The van der Waals surface area contributed by atoms with Crippen LogP contribution in [0.4, 0.5) is 0 Å². The number of fused-ring (bicyclic) bond motifs is 5. The Balaban J connectivity index is 1.80.